The Morgan fingerprint density at radius 1 is 0.964 bits per heavy atom. The third-order valence-corrected chi connectivity index (χ3v) is 6.37. The number of piperazine rings is 1. The molecule has 0 bridgehead atoms. The Labute approximate surface area is 170 Å². The predicted octanol–water partition coefficient (Wildman–Crippen LogP) is 3.65. The molecule has 0 saturated carbocycles. The first-order valence-corrected chi connectivity index (χ1v) is 10.9. The Morgan fingerprint density at radius 2 is 1.75 bits per heavy atom. The van der Waals surface area contributed by atoms with Crippen molar-refractivity contribution in [1.82, 2.24) is 19.7 Å². The van der Waals surface area contributed by atoms with E-state index in [4.69, 9.17) is 0 Å². The van der Waals surface area contributed by atoms with Crippen molar-refractivity contribution in [3.8, 4) is 5.13 Å². The van der Waals surface area contributed by atoms with Gasteiger partial charge in [0.2, 0.25) is 10.3 Å². The van der Waals surface area contributed by atoms with Crippen LogP contribution < -0.4 is 10.2 Å². The fourth-order valence-corrected chi connectivity index (χ4v) is 4.54. The molecule has 1 saturated heterocycles. The van der Waals surface area contributed by atoms with Crippen molar-refractivity contribution >= 4 is 22.2 Å². The maximum Gasteiger partial charge on any atom is 0.218 e. The lowest BCUT2D eigenvalue weighted by molar-refractivity contribution is 0.271. The van der Waals surface area contributed by atoms with Crippen molar-refractivity contribution in [2.75, 3.05) is 42.9 Å². The van der Waals surface area contributed by atoms with E-state index in [1.54, 1.807) is 11.3 Å². The van der Waals surface area contributed by atoms with E-state index in [9.17, 15) is 0 Å². The number of anilines is 2. The predicted molar refractivity (Wildman–Crippen MR) is 117 cm³/mol. The minimum absolute atomic E-state index is 0.758. The number of para-hydroxylation sites is 1. The number of hydrogen-bond acceptors (Lipinski definition) is 6. The summed E-state index contributed by atoms with van der Waals surface area (Å²) < 4.78 is 2.14. The number of aryl methyl sites for hydroxylation is 1. The van der Waals surface area contributed by atoms with Crippen LogP contribution in [0.1, 0.15) is 25.1 Å². The number of rotatable bonds is 7. The summed E-state index contributed by atoms with van der Waals surface area (Å²) in [6.45, 7) is 10.5. The van der Waals surface area contributed by atoms with Gasteiger partial charge >= 0.3 is 0 Å². The van der Waals surface area contributed by atoms with Gasteiger partial charge in [-0.05, 0) is 36.7 Å². The molecule has 148 valence electrons. The third kappa shape index (κ3) is 4.05. The average Bonchev–Trinajstić information content (AvgIpc) is 3.42. The number of likely N-dealkylation sites (N-methyl/N-ethyl adjacent to an activating group) is 1. The molecule has 1 aliphatic rings. The molecule has 0 amide bonds. The van der Waals surface area contributed by atoms with Crippen LogP contribution in [0.15, 0.2) is 42.6 Å². The molecule has 1 fully saturated rings. The van der Waals surface area contributed by atoms with Crippen LogP contribution in [0.25, 0.3) is 5.13 Å². The number of benzene rings is 1. The number of nitrogens with zero attached hydrogens (tertiary/aromatic N) is 5. The first-order chi connectivity index (χ1) is 13.8. The fourth-order valence-electron chi connectivity index (χ4n) is 3.62. The van der Waals surface area contributed by atoms with Crippen molar-refractivity contribution in [2.45, 2.75) is 26.8 Å². The van der Waals surface area contributed by atoms with Gasteiger partial charge in [0, 0.05) is 43.8 Å². The molecule has 2 aromatic heterocycles. The minimum Gasteiger partial charge on any atom is -0.379 e. The Bertz CT molecular complexity index is 894. The molecule has 4 rings (SSSR count). The summed E-state index contributed by atoms with van der Waals surface area (Å²) in [5.74, 6) is 0. The highest BCUT2D eigenvalue weighted by Gasteiger charge is 2.20. The molecule has 3 aromatic rings. The van der Waals surface area contributed by atoms with Crippen LogP contribution in [-0.4, -0.2) is 52.4 Å². The van der Waals surface area contributed by atoms with Gasteiger partial charge in [0.1, 0.15) is 0 Å². The summed E-state index contributed by atoms with van der Waals surface area (Å²) in [5.41, 5.74) is 3.72. The second-order valence-corrected chi connectivity index (χ2v) is 7.96. The Hall–Kier alpha value is -2.38. The maximum absolute atomic E-state index is 4.47. The smallest absolute Gasteiger partial charge is 0.218 e. The van der Waals surface area contributed by atoms with Gasteiger partial charge < -0.3 is 15.1 Å². The monoisotopic (exact) mass is 396 g/mol. The van der Waals surface area contributed by atoms with E-state index in [0.717, 1.165) is 56.0 Å². The van der Waals surface area contributed by atoms with Gasteiger partial charge in [0.05, 0.1) is 6.54 Å². The summed E-state index contributed by atoms with van der Waals surface area (Å²) in [5, 5.41) is 14.5. The molecule has 3 heterocycles. The second-order valence-electron chi connectivity index (χ2n) is 7.02. The van der Waals surface area contributed by atoms with Crippen LogP contribution in [0.3, 0.4) is 0 Å². The van der Waals surface area contributed by atoms with E-state index >= 15 is 0 Å². The van der Waals surface area contributed by atoms with E-state index in [1.807, 2.05) is 0 Å². The van der Waals surface area contributed by atoms with Crippen LogP contribution in [-0.2, 0) is 13.0 Å². The molecule has 1 aliphatic heterocycles. The lowest BCUT2D eigenvalue weighted by atomic mass is 10.1. The topological polar surface area (TPSA) is 49.2 Å². The zero-order valence-electron chi connectivity index (χ0n) is 16.6. The summed E-state index contributed by atoms with van der Waals surface area (Å²) in [4.78, 5) is 4.83. The molecule has 6 nitrogen and oxygen atoms in total. The first kappa shape index (κ1) is 19.0. The number of hydrogen-bond donors (Lipinski definition) is 1. The van der Waals surface area contributed by atoms with E-state index < -0.39 is 0 Å². The SMILES string of the molecule is CCc1ccccc1NCc1cccn1-c1nnc(N2CCN(CC)CC2)s1. The lowest BCUT2D eigenvalue weighted by Gasteiger charge is -2.33. The average molecular weight is 397 g/mol. The second kappa shape index (κ2) is 8.75. The van der Waals surface area contributed by atoms with Crippen LogP contribution in [0.2, 0.25) is 0 Å². The van der Waals surface area contributed by atoms with Gasteiger partial charge in [-0.3, -0.25) is 4.57 Å². The first-order valence-electron chi connectivity index (χ1n) is 10.1. The quantitative estimate of drug-likeness (QED) is 0.661. The van der Waals surface area contributed by atoms with Gasteiger partial charge in [0.15, 0.2) is 0 Å². The Balaban J connectivity index is 1.45. The summed E-state index contributed by atoms with van der Waals surface area (Å²) >= 11 is 1.67. The molecule has 0 spiro atoms. The molecular formula is C21H28N6S. The molecule has 0 atom stereocenters. The molecular weight excluding hydrogens is 368 g/mol. The van der Waals surface area contributed by atoms with Crippen molar-refractivity contribution in [3.05, 3.63) is 53.9 Å². The number of aromatic nitrogens is 3. The van der Waals surface area contributed by atoms with Crippen molar-refractivity contribution in [2.24, 2.45) is 0 Å². The van der Waals surface area contributed by atoms with E-state index in [2.05, 4.69) is 86.3 Å². The molecule has 1 N–H and O–H groups in total. The van der Waals surface area contributed by atoms with Gasteiger partial charge in [-0.15, -0.1) is 10.2 Å². The van der Waals surface area contributed by atoms with E-state index in [0.29, 0.717) is 0 Å². The van der Waals surface area contributed by atoms with E-state index in [-0.39, 0.29) is 0 Å². The summed E-state index contributed by atoms with van der Waals surface area (Å²) in [6, 6.07) is 12.7. The molecule has 7 heteroatoms. The fraction of sp³-hybridized carbons (Fsp3) is 0.429. The zero-order valence-corrected chi connectivity index (χ0v) is 17.5. The normalized spacial score (nSPS) is 15.1. The third-order valence-electron chi connectivity index (χ3n) is 5.39. The Morgan fingerprint density at radius 3 is 2.54 bits per heavy atom. The van der Waals surface area contributed by atoms with Crippen molar-refractivity contribution in [3.63, 3.8) is 0 Å². The minimum atomic E-state index is 0.758. The molecule has 0 aliphatic carbocycles. The molecule has 0 radical (unpaired) electrons. The van der Waals surface area contributed by atoms with Gasteiger partial charge in [-0.2, -0.15) is 0 Å². The molecule has 0 unspecified atom stereocenters. The summed E-state index contributed by atoms with van der Waals surface area (Å²) in [6.07, 6.45) is 3.09. The van der Waals surface area contributed by atoms with Crippen molar-refractivity contribution in [1.29, 1.82) is 0 Å². The highest BCUT2D eigenvalue weighted by molar-refractivity contribution is 7.17. The maximum atomic E-state index is 4.47. The van der Waals surface area contributed by atoms with Crippen LogP contribution in [0.5, 0.6) is 0 Å². The zero-order chi connectivity index (χ0) is 19.3. The van der Waals surface area contributed by atoms with Crippen LogP contribution >= 0.6 is 11.3 Å². The van der Waals surface area contributed by atoms with Gasteiger partial charge in [-0.25, -0.2) is 0 Å². The van der Waals surface area contributed by atoms with E-state index in [1.165, 1.54) is 16.9 Å². The summed E-state index contributed by atoms with van der Waals surface area (Å²) in [7, 11) is 0. The highest BCUT2D eigenvalue weighted by atomic mass is 32.1. The largest absolute Gasteiger partial charge is 0.379 e. The standard InChI is InChI=1S/C21H28N6S/c1-3-17-8-5-6-10-19(17)22-16-18-9-7-11-27(18)21-24-23-20(28-21)26-14-12-25(4-2)13-15-26/h5-11,22H,3-4,12-16H2,1-2H3. The molecule has 1 aromatic carbocycles. The highest BCUT2D eigenvalue weighted by Crippen LogP contribution is 2.26. The van der Waals surface area contributed by atoms with Crippen LogP contribution in [0, 0.1) is 0 Å². The Kier molecular flexibility index (Phi) is 5.92. The van der Waals surface area contributed by atoms with Gasteiger partial charge in [-0.1, -0.05) is 43.4 Å². The van der Waals surface area contributed by atoms with Crippen molar-refractivity contribution < 1.29 is 0 Å². The van der Waals surface area contributed by atoms with Gasteiger partial charge in [0.25, 0.3) is 0 Å². The molecule has 28 heavy (non-hydrogen) atoms. The lowest BCUT2D eigenvalue weighted by Crippen LogP contribution is -2.46. The number of nitrogens with one attached hydrogen (secondary N) is 1. The van der Waals surface area contributed by atoms with Crippen LogP contribution in [0.4, 0.5) is 10.8 Å².